The Balaban J connectivity index is 1.69. The van der Waals surface area contributed by atoms with Crippen molar-refractivity contribution >= 4 is 23.4 Å². The van der Waals surface area contributed by atoms with E-state index in [4.69, 9.17) is 11.6 Å². The largest absolute Gasteiger partial charge is 0.341 e. The molecule has 6 heteroatoms. The number of likely N-dealkylation sites (tertiary alicyclic amines) is 1. The van der Waals surface area contributed by atoms with Crippen molar-refractivity contribution in [3.05, 3.63) is 69.5 Å². The van der Waals surface area contributed by atoms with Crippen LogP contribution in [0, 0.1) is 25.6 Å². The summed E-state index contributed by atoms with van der Waals surface area (Å²) in [6, 6.07) is 10.3. The number of nitrogens with zero attached hydrogens (tertiary/aromatic N) is 2. The number of piperidine rings is 1. The third kappa shape index (κ3) is 4.96. The van der Waals surface area contributed by atoms with Crippen LogP contribution in [0.2, 0.25) is 5.02 Å². The molecule has 3 rings (SSSR count). The van der Waals surface area contributed by atoms with E-state index in [0.29, 0.717) is 35.7 Å². The molecular weight excluding hydrogens is 391 g/mol. The Labute approximate surface area is 176 Å². The van der Waals surface area contributed by atoms with Crippen LogP contribution < -0.4 is 0 Å². The van der Waals surface area contributed by atoms with Gasteiger partial charge in [0.15, 0.2) is 0 Å². The fraction of sp³-hybridized carbons (Fsp3) is 0.391. The molecule has 1 unspecified atom stereocenters. The minimum atomic E-state index is -0.424. The average molecular weight is 417 g/mol. The lowest BCUT2D eigenvalue weighted by Gasteiger charge is -2.34. The van der Waals surface area contributed by atoms with Gasteiger partial charge >= 0.3 is 0 Å². The number of carbonyl (C=O) groups excluding carboxylic acids is 2. The van der Waals surface area contributed by atoms with Gasteiger partial charge in [-0.3, -0.25) is 9.59 Å². The third-order valence-corrected chi connectivity index (χ3v) is 5.71. The second-order valence-corrected chi connectivity index (χ2v) is 8.27. The van der Waals surface area contributed by atoms with Crippen molar-refractivity contribution in [3.8, 4) is 0 Å². The number of halogens is 2. The summed E-state index contributed by atoms with van der Waals surface area (Å²) < 4.78 is 14.1. The minimum Gasteiger partial charge on any atom is -0.341 e. The molecule has 1 aliphatic heterocycles. The molecule has 0 aliphatic carbocycles. The number of hydrogen-bond donors (Lipinski definition) is 0. The first-order valence-corrected chi connectivity index (χ1v) is 10.2. The van der Waals surface area contributed by atoms with Crippen LogP contribution in [-0.2, 0) is 11.3 Å². The van der Waals surface area contributed by atoms with Gasteiger partial charge in [0.25, 0.3) is 5.91 Å². The summed E-state index contributed by atoms with van der Waals surface area (Å²) in [5.41, 5.74) is 3.05. The lowest BCUT2D eigenvalue weighted by molar-refractivity contribution is -0.136. The first-order chi connectivity index (χ1) is 13.8. The molecule has 1 atom stereocenters. The van der Waals surface area contributed by atoms with E-state index in [-0.39, 0.29) is 24.3 Å². The molecule has 29 heavy (non-hydrogen) atoms. The van der Waals surface area contributed by atoms with E-state index >= 15 is 0 Å². The summed E-state index contributed by atoms with van der Waals surface area (Å²) in [4.78, 5) is 29.2. The van der Waals surface area contributed by atoms with E-state index in [1.807, 2.05) is 32.0 Å². The highest BCUT2D eigenvalue weighted by Gasteiger charge is 2.31. The van der Waals surface area contributed by atoms with Crippen LogP contribution in [0.4, 0.5) is 4.39 Å². The van der Waals surface area contributed by atoms with Crippen LogP contribution in [0.3, 0.4) is 0 Å². The van der Waals surface area contributed by atoms with Crippen LogP contribution in [0.25, 0.3) is 0 Å². The summed E-state index contributed by atoms with van der Waals surface area (Å²) in [6.07, 6.45) is 1.48. The van der Waals surface area contributed by atoms with Crippen molar-refractivity contribution in [2.45, 2.75) is 33.2 Å². The zero-order valence-corrected chi connectivity index (χ0v) is 17.8. The predicted molar refractivity (Wildman–Crippen MR) is 112 cm³/mol. The van der Waals surface area contributed by atoms with Crippen molar-refractivity contribution < 1.29 is 14.0 Å². The highest BCUT2D eigenvalue weighted by molar-refractivity contribution is 6.31. The summed E-state index contributed by atoms with van der Waals surface area (Å²) >= 11 is 6.09. The van der Waals surface area contributed by atoms with E-state index in [2.05, 4.69) is 0 Å². The second kappa shape index (κ2) is 8.95. The topological polar surface area (TPSA) is 40.6 Å². The molecule has 154 valence electrons. The molecule has 0 bridgehead atoms. The predicted octanol–water partition coefficient (Wildman–Crippen LogP) is 4.61. The maximum Gasteiger partial charge on any atom is 0.253 e. The Morgan fingerprint density at radius 1 is 1.21 bits per heavy atom. The Kier molecular flexibility index (Phi) is 6.58. The van der Waals surface area contributed by atoms with E-state index in [1.54, 1.807) is 24.1 Å². The molecule has 1 saturated heterocycles. The first kappa shape index (κ1) is 21.3. The number of amides is 2. The number of rotatable bonds is 4. The highest BCUT2D eigenvalue weighted by atomic mass is 35.5. The SMILES string of the molecule is Cc1cc(C)cc(C(=O)N2CCCC(C(=O)N(C)Cc3c(F)cccc3Cl)C2)c1. The molecule has 2 aromatic rings. The average Bonchev–Trinajstić information content (AvgIpc) is 2.69. The molecular formula is C23H26ClFN2O2. The van der Waals surface area contributed by atoms with Crippen molar-refractivity contribution in [2.75, 3.05) is 20.1 Å². The maximum atomic E-state index is 14.1. The molecule has 2 amide bonds. The molecule has 1 aliphatic rings. The summed E-state index contributed by atoms with van der Waals surface area (Å²) in [6.45, 7) is 5.05. The quantitative estimate of drug-likeness (QED) is 0.730. The molecule has 0 aromatic heterocycles. The number of hydrogen-bond acceptors (Lipinski definition) is 2. The second-order valence-electron chi connectivity index (χ2n) is 7.86. The van der Waals surface area contributed by atoms with Crippen molar-refractivity contribution in [3.63, 3.8) is 0 Å². The van der Waals surface area contributed by atoms with Crippen LogP contribution in [0.15, 0.2) is 36.4 Å². The van der Waals surface area contributed by atoms with Gasteiger partial charge in [-0.05, 0) is 51.0 Å². The lowest BCUT2D eigenvalue weighted by atomic mass is 9.95. The van der Waals surface area contributed by atoms with E-state index in [1.165, 1.54) is 11.0 Å². The fourth-order valence-electron chi connectivity index (χ4n) is 3.95. The zero-order chi connectivity index (χ0) is 21.1. The van der Waals surface area contributed by atoms with E-state index < -0.39 is 5.82 Å². The van der Waals surface area contributed by atoms with Gasteiger partial charge in [0.2, 0.25) is 5.91 Å². The Morgan fingerprint density at radius 2 is 1.90 bits per heavy atom. The lowest BCUT2D eigenvalue weighted by Crippen LogP contribution is -2.45. The molecule has 1 heterocycles. The summed E-state index contributed by atoms with van der Waals surface area (Å²) in [5.74, 6) is -0.863. The van der Waals surface area contributed by atoms with Crippen LogP contribution in [0.1, 0.15) is 39.9 Å². The Hall–Kier alpha value is -2.40. The van der Waals surface area contributed by atoms with Crippen LogP contribution in [-0.4, -0.2) is 41.8 Å². The standard InChI is InChI=1S/C23H26ClFN2O2/c1-15-10-16(2)12-18(11-15)23(29)27-9-5-6-17(13-27)22(28)26(3)14-19-20(24)7-4-8-21(19)25/h4,7-8,10-12,17H,5-6,9,13-14H2,1-3H3. The van der Waals surface area contributed by atoms with E-state index in [9.17, 15) is 14.0 Å². The first-order valence-electron chi connectivity index (χ1n) is 9.81. The van der Waals surface area contributed by atoms with Gasteiger partial charge in [-0.25, -0.2) is 4.39 Å². The number of benzene rings is 2. The van der Waals surface area contributed by atoms with Gasteiger partial charge in [-0.1, -0.05) is 34.9 Å². The van der Waals surface area contributed by atoms with Gasteiger partial charge < -0.3 is 9.80 Å². The van der Waals surface area contributed by atoms with Crippen molar-refractivity contribution in [2.24, 2.45) is 5.92 Å². The van der Waals surface area contributed by atoms with Gasteiger partial charge in [0, 0.05) is 42.8 Å². The van der Waals surface area contributed by atoms with Crippen LogP contribution >= 0.6 is 11.6 Å². The zero-order valence-electron chi connectivity index (χ0n) is 17.0. The normalized spacial score (nSPS) is 16.6. The number of carbonyl (C=O) groups is 2. The Bertz CT molecular complexity index is 891. The fourth-order valence-corrected chi connectivity index (χ4v) is 4.18. The molecule has 4 nitrogen and oxygen atoms in total. The van der Waals surface area contributed by atoms with Gasteiger partial charge in [-0.2, -0.15) is 0 Å². The van der Waals surface area contributed by atoms with Crippen molar-refractivity contribution in [1.82, 2.24) is 9.80 Å². The summed E-state index contributed by atoms with van der Waals surface area (Å²) in [7, 11) is 1.65. The summed E-state index contributed by atoms with van der Waals surface area (Å²) in [5, 5.41) is 0.305. The minimum absolute atomic E-state index is 0.0471. The van der Waals surface area contributed by atoms with Gasteiger partial charge in [0.1, 0.15) is 5.82 Å². The molecule has 1 fully saturated rings. The van der Waals surface area contributed by atoms with E-state index in [0.717, 1.165) is 17.5 Å². The van der Waals surface area contributed by atoms with Gasteiger partial charge in [0.05, 0.1) is 5.92 Å². The smallest absolute Gasteiger partial charge is 0.253 e. The molecule has 0 radical (unpaired) electrons. The monoisotopic (exact) mass is 416 g/mol. The molecule has 2 aromatic carbocycles. The molecule has 0 saturated carbocycles. The van der Waals surface area contributed by atoms with Gasteiger partial charge in [-0.15, -0.1) is 0 Å². The Morgan fingerprint density at radius 3 is 2.55 bits per heavy atom. The molecule has 0 spiro atoms. The maximum absolute atomic E-state index is 14.1. The highest BCUT2D eigenvalue weighted by Crippen LogP contribution is 2.24. The number of aryl methyl sites for hydroxylation is 2. The van der Waals surface area contributed by atoms with Crippen LogP contribution in [0.5, 0.6) is 0 Å². The third-order valence-electron chi connectivity index (χ3n) is 5.36. The molecule has 0 N–H and O–H groups in total. The van der Waals surface area contributed by atoms with Crippen molar-refractivity contribution in [1.29, 1.82) is 0 Å².